The fourth-order valence-corrected chi connectivity index (χ4v) is 2.27. The SMILES string of the molecule is Cc1c(C#CC(C)(C)O)nc(Cl)n1Cc1ccc(C(F)(F)F)cc1. The highest BCUT2D eigenvalue weighted by Crippen LogP contribution is 2.29. The number of hydrogen-bond acceptors (Lipinski definition) is 2. The zero-order valence-corrected chi connectivity index (χ0v) is 14.1. The van der Waals surface area contributed by atoms with E-state index in [4.69, 9.17) is 11.6 Å². The third-order valence-corrected chi connectivity index (χ3v) is 3.57. The van der Waals surface area contributed by atoms with Crippen LogP contribution >= 0.6 is 11.6 Å². The van der Waals surface area contributed by atoms with E-state index in [-0.39, 0.29) is 11.8 Å². The minimum atomic E-state index is -4.36. The Hall–Kier alpha value is -1.97. The normalized spacial score (nSPS) is 12.0. The molecule has 2 aromatic rings. The van der Waals surface area contributed by atoms with Crippen LogP contribution in [0, 0.1) is 18.8 Å². The van der Waals surface area contributed by atoms with Gasteiger partial charge in [0.05, 0.1) is 17.8 Å². The van der Waals surface area contributed by atoms with Crippen molar-refractivity contribution in [3.05, 3.63) is 52.1 Å². The first-order valence-electron chi connectivity index (χ1n) is 7.12. The average molecular weight is 357 g/mol. The molecule has 0 bridgehead atoms. The van der Waals surface area contributed by atoms with Gasteiger partial charge in [-0.2, -0.15) is 13.2 Å². The maximum atomic E-state index is 12.6. The van der Waals surface area contributed by atoms with Gasteiger partial charge in [-0.1, -0.05) is 18.1 Å². The molecular weight excluding hydrogens is 341 g/mol. The third kappa shape index (κ3) is 4.53. The van der Waals surface area contributed by atoms with Gasteiger partial charge in [0, 0.05) is 0 Å². The summed E-state index contributed by atoms with van der Waals surface area (Å²) in [6, 6.07) is 4.87. The number of alkyl halides is 3. The van der Waals surface area contributed by atoms with Crippen molar-refractivity contribution in [2.75, 3.05) is 0 Å². The van der Waals surface area contributed by atoms with Crippen LogP contribution in [0.2, 0.25) is 5.28 Å². The molecule has 0 amide bonds. The molecule has 128 valence electrons. The molecule has 1 aromatic carbocycles. The van der Waals surface area contributed by atoms with Gasteiger partial charge in [0.2, 0.25) is 5.28 Å². The summed E-state index contributed by atoms with van der Waals surface area (Å²) in [6.45, 7) is 5.14. The Kier molecular flexibility index (Phi) is 4.97. The molecule has 1 aromatic heterocycles. The molecule has 0 aliphatic rings. The maximum Gasteiger partial charge on any atom is 0.416 e. The summed E-state index contributed by atoms with van der Waals surface area (Å²) in [5, 5.41) is 9.83. The zero-order valence-electron chi connectivity index (χ0n) is 13.4. The summed E-state index contributed by atoms with van der Waals surface area (Å²) < 4.78 is 39.4. The second-order valence-corrected chi connectivity index (χ2v) is 6.24. The van der Waals surface area contributed by atoms with Crippen LogP contribution in [-0.2, 0) is 12.7 Å². The number of rotatable bonds is 2. The second kappa shape index (κ2) is 6.50. The monoisotopic (exact) mass is 356 g/mol. The standard InChI is InChI=1S/C17H16ClF3N2O/c1-11-14(8-9-16(2,3)24)22-15(18)23(11)10-12-4-6-13(7-5-12)17(19,20)21/h4-7,24H,10H2,1-3H3. The highest BCUT2D eigenvalue weighted by molar-refractivity contribution is 6.28. The fraction of sp³-hybridized carbons (Fsp3) is 0.353. The highest BCUT2D eigenvalue weighted by Gasteiger charge is 2.29. The van der Waals surface area contributed by atoms with Gasteiger partial charge < -0.3 is 9.67 Å². The number of aliphatic hydroxyl groups is 1. The summed E-state index contributed by atoms with van der Waals surface area (Å²) in [4.78, 5) is 4.13. The molecule has 0 radical (unpaired) electrons. The largest absolute Gasteiger partial charge is 0.416 e. The lowest BCUT2D eigenvalue weighted by Crippen LogP contribution is -2.14. The van der Waals surface area contributed by atoms with Crippen LogP contribution in [0.25, 0.3) is 0 Å². The van der Waals surface area contributed by atoms with Gasteiger partial charge >= 0.3 is 6.18 Å². The van der Waals surface area contributed by atoms with Crippen LogP contribution in [-0.4, -0.2) is 20.3 Å². The number of benzene rings is 1. The minimum Gasteiger partial charge on any atom is -0.378 e. The summed E-state index contributed by atoms with van der Waals surface area (Å²) in [5.41, 5.74) is -0.0923. The molecule has 0 fully saturated rings. The van der Waals surface area contributed by atoms with Crippen molar-refractivity contribution >= 4 is 11.6 Å². The smallest absolute Gasteiger partial charge is 0.378 e. The molecule has 0 saturated carbocycles. The van der Waals surface area contributed by atoms with Crippen molar-refractivity contribution in [2.24, 2.45) is 0 Å². The van der Waals surface area contributed by atoms with E-state index in [1.54, 1.807) is 25.3 Å². The lowest BCUT2D eigenvalue weighted by Gasteiger charge is -2.10. The maximum absolute atomic E-state index is 12.6. The molecule has 0 aliphatic heterocycles. The van der Waals surface area contributed by atoms with Crippen LogP contribution in [0.3, 0.4) is 0 Å². The Morgan fingerprint density at radius 1 is 1.21 bits per heavy atom. The van der Waals surface area contributed by atoms with Gasteiger partial charge in [0.25, 0.3) is 0 Å². The van der Waals surface area contributed by atoms with Crippen molar-refractivity contribution < 1.29 is 18.3 Å². The van der Waals surface area contributed by atoms with Gasteiger partial charge in [-0.15, -0.1) is 0 Å². The first-order valence-corrected chi connectivity index (χ1v) is 7.49. The Morgan fingerprint density at radius 2 is 1.79 bits per heavy atom. The second-order valence-electron chi connectivity index (χ2n) is 5.90. The molecule has 0 aliphatic carbocycles. The molecular formula is C17H16ClF3N2O. The highest BCUT2D eigenvalue weighted by atomic mass is 35.5. The lowest BCUT2D eigenvalue weighted by molar-refractivity contribution is -0.137. The Balaban J connectivity index is 2.27. The summed E-state index contributed by atoms with van der Waals surface area (Å²) in [7, 11) is 0. The van der Waals surface area contributed by atoms with E-state index in [2.05, 4.69) is 16.8 Å². The fourth-order valence-electron chi connectivity index (χ4n) is 2.00. The van der Waals surface area contributed by atoms with Crippen LogP contribution in [0.5, 0.6) is 0 Å². The van der Waals surface area contributed by atoms with Gasteiger partial charge in [-0.3, -0.25) is 0 Å². The molecule has 24 heavy (non-hydrogen) atoms. The van der Waals surface area contributed by atoms with E-state index < -0.39 is 17.3 Å². The van der Waals surface area contributed by atoms with E-state index in [0.29, 0.717) is 17.0 Å². The summed E-state index contributed by atoms with van der Waals surface area (Å²) >= 11 is 6.10. The van der Waals surface area contributed by atoms with Gasteiger partial charge in [-0.05, 0) is 56.0 Å². The van der Waals surface area contributed by atoms with E-state index in [1.807, 2.05) is 0 Å². The van der Waals surface area contributed by atoms with Gasteiger partial charge in [0.15, 0.2) is 0 Å². The zero-order chi connectivity index (χ0) is 18.1. The first kappa shape index (κ1) is 18.4. The van der Waals surface area contributed by atoms with E-state index in [1.165, 1.54) is 12.1 Å². The Bertz CT molecular complexity index is 791. The predicted octanol–water partition coefficient (Wildman–Crippen LogP) is 4.03. The van der Waals surface area contributed by atoms with Crippen LogP contribution in [0.1, 0.15) is 36.4 Å². The molecule has 0 saturated heterocycles. The minimum absolute atomic E-state index is 0.187. The van der Waals surface area contributed by atoms with Crippen LogP contribution in [0.4, 0.5) is 13.2 Å². The molecule has 0 atom stereocenters. The van der Waals surface area contributed by atoms with Crippen molar-refractivity contribution in [3.8, 4) is 11.8 Å². The Labute approximate surface area is 143 Å². The van der Waals surface area contributed by atoms with Crippen molar-refractivity contribution in [2.45, 2.75) is 39.1 Å². The molecule has 1 heterocycles. The number of hydrogen-bond donors (Lipinski definition) is 1. The molecule has 1 N–H and O–H groups in total. The number of halogens is 4. The lowest BCUT2D eigenvalue weighted by atomic mass is 10.1. The molecule has 7 heteroatoms. The van der Waals surface area contributed by atoms with Gasteiger partial charge in [-0.25, -0.2) is 4.98 Å². The van der Waals surface area contributed by atoms with E-state index >= 15 is 0 Å². The van der Waals surface area contributed by atoms with Gasteiger partial charge in [0.1, 0.15) is 11.3 Å². The Morgan fingerprint density at radius 3 is 2.29 bits per heavy atom. The van der Waals surface area contributed by atoms with Crippen LogP contribution < -0.4 is 0 Å². The van der Waals surface area contributed by atoms with Crippen molar-refractivity contribution in [3.63, 3.8) is 0 Å². The summed E-state index contributed by atoms with van der Waals surface area (Å²) in [6.07, 6.45) is -4.36. The summed E-state index contributed by atoms with van der Waals surface area (Å²) in [5.74, 6) is 5.42. The predicted molar refractivity (Wildman–Crippen MR) is 85.7 cm³/mol. The van der Waals surface area contributed by atoms with Crippen LogP contribution in [0.15, 0.2) is 24.3 Å². The molecule has 3 nitrogen and oxygen atoms in total. The van der Waals surface area contributed by atoms with Crippen molar-refractivity contribution in [1.29, 1.82) is 0 Å². The van der Waals surface area contributed by atoms with Crippen molar-refractivity contribution in [1.82, 2.24) is 9.55 Å². The molecule has 0 unspecified atom stereocenters. The van der Waals surface area contributed by atoms with E-state index in [0.717, 1.165) is 12.1 Å². The number of nitrogens with zero attached hydrogens (tertiary/aromatic N) is 2. The number of aromatic nitrogens is 2. The quantitative estimate of drug-likeness (QED) is 0.825. The molecule has 2 rings (SSSR count). The van der Waals surface area contributed by atoms with E-state index in [9.17, 15) is 18.3 Å². The third-order valence-electron chi connectivity index (χ3n) is 3.28. The first-order chi connectivity index (χ1) is 11.0. The molecule has 0 spiro atoms. The topological polar surface area (TPSA) is 38.1 Å². The number of imidazole rings is 1. The average Bonchev–Trinajstić information content (AvgIpc) is 2.72.